The van der Waals surface area contributed by atoms with Crippen molar-refractivity contribution in [2.24, 2.45) is 5.92 Å². The number of methoxy groups -OCH3 is 1. The fourth-order valence-electron chi connectivity index (χ4n) is 3.99. The molecule has 1 amide bonds. The van der Waals surface area contributed by atoms with Crippen LogP contribution in [0.15, 0.2) is 12.4 Å². The first-order valence-corrected chi connectivity index (χ1v) is 8.95. The third kappa shape index (κ3) is 4.11. The molecule has 132 valence electrons. The summed E-state index contributed by atoms with van der Waals surface area (Å²) in [6.07, 6.45) is 7.57. The van der Waals surface area contributed by atoms with E-state index < -0.39 is 0 Å². The van der Waals surface area contributed by atoms with Gasteiger partial charge in [0.2, 0.25) is 5.91 Å². The van der Waals surface area contributed by atoms with Gasteiger partial charge >= 0.3 is 0 Å². The van der Waals surface area contributed by atoms with Crippen molar-refractivity contribution < 1.29 is 9.53 Å². The van der Waals surface area contributed by atoms with Gasteiger partial charge in [-0.3, -0.25) is 19.7 Å². The molecule has 6 nitrogen and oxygen atoms in total. The molecule has 2 atom stereocenters. The molecule has 0 N–H and O–H groups in total. The summed E-state index contributed by atoms with van der Waals surface area (Å²) in [7, 11) is 1.70. The van der Waals surface area contributed by atoms with Crippen LogP contribution in [-0.2, 0) is 16.1 Å². The lowest BCUT2D eigenvalue weighted by atomic mass is 9.88. The normalized spacial score (nSPS) is 25.4. The van der Waals surface area contributed by atoms with Crippen LogP contribution in [0.2, 0.25) is 0 Å². The minimum absolute atomic E-state index is 0.303. The molecule has 0 aliphatic carbocycles. The van der Waals surface area contributed by atoms with Crippen LogP contribution in [0.4, 0.5) is 0 Å². The van der Waals surface area contributed by atoms with Gasteiger partial charge in [0.05, 0.1) is 18.0 Å². The lowest BCUT2D eigenvalue weighted by Gasteiger charge is -2.42. The fourth-order valence-corrected chi connectivity index (χ4v) is 3.99. The average Bonchev–Trinajstić information content (AvgIpc) is 2.73. The topological polar surface area (TPSA) is 58.6 Å². The molecule has 3 heterocycles. The molecule has 0 radical (unpaired) electrons. The first-order chi connectivity index (χ1) is 11.7. The molecule has 6 heteroatoms. The van der Waals surface area contributed by atoms with Gasteiger partial charge in [0.1, 0.15) is 0 Å². The smallest absolute Gasteiger partial charge is 0.222 e. The van der Waals surface area contributed by atoms with E-state index in [-0.39, 0.29) is 0 Å². The summed E-state index contributed by atoms with van der Waals surface area (Å²) < 4.78 is 5.20. The minimum atomic E-state index is 0.303. The van der Waals surface area contributed by atoms with Crippen molar-refractivity contribution in [3.63, 3.8) is 0 Å². The Morgan fingerprint density at radius 2 is 2.17 bits per heavy atom. The molecule has 0 aromatic carbocycles. The predicted molar refractivity (Wildman–Crippen MR) is 91.4 cm³/mol. The molecule has 3 rings (SSSR count). The van der Waals surface area contributed by atoms with Crippen molar-refractivity contribution in [2.75, 3.05) is 33.4 Å². The summed E-state index contributed by atoms with van der Waals surface area (Å²) in [6, 6.07) is 0.371. The van der Waals surface area contributed by atoms with Gasteiger partial charge in [-0.2, -0.15) is 0 Å². The second-order valence-electron chi connectivity index (χ2n) is 6.97. The van der Waals surface area contributed by atoms with Crippen LogP contribution in [0.25, 0.3) is 0 Å². The molecule has 2 saturated heterocycles. The maximum atomic E-state index is 12.4. The van der Waals surface area contributed by atoms with E-state index in [0.29, 0.717) is 30.9 Å². The Morgan fingerprint density at radius 3 is 2.92 bits per heavy atom. The Balaban J connectivity index is 1.63. The van der Waals surface area contributed by atoms with E-state index in [1.54, 1.807) is 7.11 Å². The highest BCUT2D eigenvalue weighted by molar-refractivity contribution is 5.76. The number of carbonyl (C=O) groups is 1. The lowest BCUT2D eigenvalue weighted by molar-refractivity contribution is -0.135. The second kappa shape index (κ2) is 8.03. The van der Waals surface area contributed by atoms with Gasteiger partial charge in [-0.05, 0) is 32.1 Å². The van der Waals surface area contributed by atoms with E-state index in [2.05, 4.69) is 19.8 Å². The Morgan fingerprint density at radius 1 is 1.29 bits per heavy atom. The highest BCUT2D eigenvalue weighted by Crippen LogP contribution is 2.30. The van der Waals surface area contributed by atoms with Gasteiger partial charge in [0.25, 0.3) is 0 Å². The molecule has 2 aliphatic heterocycles. The summed E-state index contributed by atoms with van der Waals surface area (Å²) in [5, 5.41) is 0. The Kier molecular flexibility index (Phi) is 5.79. The van der Waals surface area contributed by atoms with Gasteiger partial charge in [0, 0.05) is 58.1 Å². The van der Waals surface area contributed by atoms with Crippen molar-refractivity contribution in [1.29, 1.82) is 0 Å². The molecular weight excluding hydrogens is 304 g/mol. The van der Waals surface area contributed by atoms with Crippen molar-refractivity contribution in [2.45, 2.75) is 45.2 Å². The average molecular weight is 332 g/mol. The number of hydrogen-bond donors (Lipinski definition) is 0. The van der Waals surface area contributed by atoms with Crippen LogP contribution in [0.3, 0.4) is 0 Å². The summed E-state index contributed by atoms with van der Waals surface area (Å²) in [5.41, 5.74) is 1.98. The molecule has 24 heavy (non-hydrogen) atoms. The molecule has 0 bridgehead atoms. The summed E-state index contributed by atoms with van der Waals surface area (Å²) in [6.45, 7) is 6.20. The second-order valence-corrected chi connectivity index (χ2v) is 6.97. The lowest BCUT2D eigenvalue weighted by Crippen LogP contribution is -2.52. The maximum absolute atomic E-state index is 12.4. The molecule has 0 spiro atoms. The quantitative estimate of drug-likeness (QED) is 0.820. The van der Waals surface area contributed by atoms with Gasteiger partial charge in [0.15, 0.2) is 0 Å². The number of piperidine rings is 1. The Bertz CT molecular complexity index is 548. The van der Waals surface area contributed by atoms with Crippen molar-refractivity contribution >= 4 is 5.91 Å². The fraction of sp³-hybridized carbons (Fsp3) is 0.722. The molecule has 0 saturated carbocycles. The number of rotatable bonds is 5. The van der Waals surface area contributed by atoms with Crippen LogP contribution in [0.1, 0.15) is 37.1 Å². The number of carbonyl (C=O) groups excluding carboxylic acids is 1. The zero-order valence-corrected chi connectivity index (χ0v) is 14.8. The molecule has 0 unspecified atom stereocenters. The van der Waals surface area contributed by atoms with Crippen molar-refractivity contribution in [3.8, 4) is 0 Å². The number of ether oxygens (including phenoxy) is 1. The third-order valence-corrected chi connectivity index (χ3v) is 5.22. The van der Waals surface area contributed by atoms with Crippen LogP contribution in [0.5, 0.6) is 0 Å². The van der Waals surface area contributed by atoms with Crippen LogP contribution < -0.4 is 0 Å². The number of likely N-dealkylation sites (tertiary alicyclic amines) is 2. The first kappa shape index (κ1) is 17.3. The highest BCUT2D eigenvalue weighted by atomic mass is 16.5. The van der Waals surface area contributed by atoms with E-state index >= 15 is 0 Å². The highest BCUT2D eigenvalue weighted by Gasteiger charge is 2.37. The van der Waals surface area contributed by atoms with Gasteiger partial charge < -0.3 is 9.64 Å². The number of aryl methyl sites for hydroxylation is 1. The molecular formula is C18H28N4O2. The molecule has 1 aromatic heterocycles. The number of nitrogens with zero attached hydrogens (tertiary/aromatic N) is 4. The van der Waals surface area contributed by atoms with Gasteiger partial charge in [-0.15, -0.1) is 0 Å². The van der Waals surface area contributed by atoms with E-state index in [4.69, 9.17) is 4.74 Å². The number of hydrogen-bond acceptors (Lipinski definition) is 5. The standard InChI is InChI=1S/C18H28N4O2/c1-14-10-20-16(11-19-14)13-21-7-6-17-15(12-21)4-3-5-18(23)22(17)8-9-24-2/h10-11,15,17H,3-9,12-13H2,1-2H3/t15-,17+/m0/s1. The van der Waals surface area contributed by atoms with Crippen molar-refractivity contribution in [3.05, 3.63) is 23.8 Å². The summed E-state index contributed by atoms with van der Waals surface area (Å²) >= 11 is 0. The summed E-state index contributed by atoms with van der Waals surface area (Å²) in [4.78, 5) is 25.8. The third-order valence-electron chi connectivity index (χ3n) is 5.22. The van der Waals surface area contributed by atoms with Crippen molar-refractivity contribution in [1.82, 2.24) is 19.8 Å². The van der Waals surface area contributed by atoms with Gasteiger partial charge in [-0.1, -0.05) is 0 Å². The Hall–Kier alpha value is -1.53. The van der Waals surface area contributed by atoms with E-state index in [1.165, 1.54) is 0 Å². The SMILES string of the molecule is COCCN1C(=O)CCC[C@H]2CN(Cc3cnc(C)cn3)CC[C@H]21. The number of fused-ring (bicyclic) bond motifs is 1. The van der Waals surface area contributed by atoms with Crippen LogP contribution >= 0.6 is 0 Å². The predicted octanol–water partition coefficient (Wildman–Crippen LogP) is 1.63. The van der Waals surface area contributed by atoms with Gasteiger partial charge in [-0.25, -0.2) is 0 Å². The zero-order chi connectivity index (χ0) is 16.9. The van der Waals surface area contributed by atoms with Crippen LogP contribution in [-0.4, -0.2) is 65.1 Å². The Labute approximate surface area is 144 Å². The molecule has 1 aromatic rings. The minimum Gasteiger partial charge on any atom is -0.383 e. The van der Waals surface area contributed by atoms with E-state index in [0.717, 1.165) is 56.8 Å². The number of amides is 1. The number of aromatic nitrogens is 2. The molecule has 2 aliphatic rings. The monoisotopic (exact) mass is 332 g/mol. The maximum Gasteiger partial charge on any atom is 0.222 e. The van der Waals surface area contributed by atoms with E-state index in [9.17, 15) is 4.79 Å². The zero-order valence-electron chi connectivity index (χ0n) is 14.8. The van der Waals surface area contributed by atoms with E-state index in [1.807, 2.05) is 19.3 Å². The molecule has 2 fully saturated rings. The van der Waals surface area contributed by atoms with Crippen LogP contribution in [0, 0.1) is 12.8 Å². The summed E-state index contributed by atoms with van der Waals surface area (Å²) in [5.74, 6) is 0.859. The largest absolute Gasteiger partial charge is 0.383 e. The first-order valence-electron chi connectivity index (χ1n) is 8.95.